The molecular formula is C14H16O2P2. The van der Waals surface area contributed by atoms with E-state index >= 15 is 0 Å². The van der Waals surface area contributed by atoms with Crippen LogP contribution in [-0.2, 0) is 0 Å². The number of hydrogen-bond acceptors (Lipinski definition) is 2. The highest BCUT2D eigenvalue weighted by atomic mass is 31.0. The van der Waals surface area contributed by atoms with Gasteiger partial charge in [0.2, 0.25) is 0 Å². The van der Waals surface area contributed by atoms with Crippen molar-refractivity contribution < 1.29 is 9.05 Å². The Bertz CT molecular complexity index is 447. The first-order chi connectivity index (χ1) is 8.74. The van der Waals surface area contributed by atoms with Gasteiger partial charge in [0.05, 0.1) is 18.9 Å². The molecule has 0 bridgehead atoms. The van der Waals surface area contributed by atoms with Crippen LogP contribution in [0.15, 0.2) is 48.5 Å². The van der Waals surface area contributed by atoms with Gasteiger partial charge in [0, 0.05) is 5.92 Å². The molecule has 4 heteroatoms. The molecule has 2 nitrogen and oxygen atoms in total. The van der Waals surface area contributed by atoms with E-state index in [1.54, 1.807) is 0 Å². The maximum atomic E-state index is 5.08. The van der Waals surface area contributed by atoms with Gasteiger partial charge >= 0.3 is 0 Å². The van der Waals surface area contributed by atoms with Gasteiger partial charge in [0.15, 0.2) is 0 Å². The predicted molar refractivity (Wildman–Crippen MR) is 81.1 cm³/mol. The van der Waals surface area contributed by atoms with Crippen molar-refractivity contribution in [2.24, 2.45) is 0 Å². The molecule has 0 saturated carbocycles. The standard InChI is InChI=1S/C14H16O2P2/c1-10(11-2-6-13(15-17)7-3-11)12-4-8-14(16-18)9-5-12/h2-10H,17-18H2,1H3. The summed E-state index contributed by atoms with van der Waals surface area (Å²) in [4.78, 5) is 0. The van der Waals surface area contributed by atoms with Gasteiger partial charge in [-0.2, -0.15) is 0 Å². The van der Waals surface area contributed by atoms with Crippen molar-refractivity contribution in [3.8, 4) is 11.5 Å². The molecule has 18 heavy (non-hydrogen) atoms. The Labute approximate surface area is 112 Å². The second-order valence-corrected chi connectivity index (χ2v) is 4.57. The highest BCUT2D eigenvalue weighted by Crippen LogP contribution is 2.27. The highest BCUT2D eigenvalue weighted by Gasteiger charge is 2.08. The number of hydrogen-bond donors (Lipinski definition) is 0. The Balaban J connectivity index is 2.20. The lowest BCUT2D eigenvalue weighted by Gasteiger charge is -2.13. The first-order valence-electron chi connectivity index (χ1n) is 5.68. The second-order valence-electron chi connectivity index (χ2n) is 4.10. The normalized spacial score (nSPS) is 10.4. The van der Waals surface area contributed by atoms with E-state index < -0.39 is 0 Å². The molecule has 0 heterocycles. The van der Waals surface area contributed by atoms with Crippen LogP contribution in [-0.4, -0.2) is 0 Å². The average Bonchev–Trinajstić information content (AvgIpc) is 2.47. The van der Waals surface area contributed by atoms with Gasteiger partial charge in [-0.05, 0) is 35.4 Å². The van der Waals surface area contributed by atoms with Crippen molar-refractivity contribution in [1.29, 1.82) is 0 Å². The Kier molecular flexibility index (Phi) is 4.58. The van der Waals surface area contributed by atoms with Crippen LogP contribution in [0.5, 0.6) is 11.5 Å². The molecular weight excluding hydrogens is 262 g/mol. The minimum atomic E-state index is 0.349. The molecule has 0 amide bonds. The Morgan fingerprint density at radius 2 is 1.06 bits per heavy atom. The zero-order valence-electron chi connectivity index (χ0n) is 10.2. The van der Waals surface area contributed by atoms with Crippen molar-refractivity contribution in [2.75, 3.05) is 0 Å². The van der Waals surface area contributed by atoms with Crippen LogP contribution in [0.2, 0.25) is 0 Å². The van der Waals surface area contributed by atoms with Crippen LogP contribution in [0.25, 0.3) is 0 Å². The summed E-state index contributed by atoms with van der Waals surface area (Å²) < 4.78 is 10.2. The van der Waals surface area contributed by atoms with E-state index in [0.717, 1.165) is 11.5 Å². The summed E-state index contributed by atoms with van der Waals surface area (Å²) in [5.74, 6) is 2.05. The van der Waals surface area contributed by atoms with Crippen LogP contribution in [0, 0.1) is 0 Å². The third-order valence-corrected chi connectivity index (χ3v) is 3.58. The molecule has 0 aliphatic rings. The van der Waals surface area contributed by atoms with E-state index in [0.29, 0.717) is 5.92 Å². The van der Waals surface area contributed by atoms with Crippen LogP contribution in [0.4, 0.5) is 0 Å². The molecule has 0 aliphatic heterocycles. The van der Waals surface area contributed by atoms with Gasteiger partial charge in [-0.1, -0.05) is 31.2 Å². The maximum absolute atomic E-state index is 5.08. The Morgan fingerprint density at radius 3 is 1.33 bits per heavy atom. The molecule has 2 rings (SSSR count). The van der Waals surface area contributed by atoms with Crippen molar-refractivity contribution >= 4 is 18.9 Å². The fraction of sp³-hybridized carbons (Fsp3) is 0.143. The van der Waals surface area contributed by atoms with Crippen molar-refractivity contribution in [2.45, 2.75) is 12.8 Å². The third-order valence-electron chi connectivity index (χ3n) is 3.03. The quantitative estimate of drug-likeness (QED) is 0.781. The topological polar surface area (TPSA) is 18.5 Å². The Hall–Kier alpha value is -1.10. The van der Waals surface area contributed by atoms with E-state index in [-0.39, 0.29) is 0 Å². The third kappa shape index (κ3) is 3.02. The Morgan fingerprint density at radius 1 is 0.722 bits per heavy atom. The lowest BCUT2D eigenvalue weighted by molar-refractivity contribution is 0.644. The molecule has 0 fully saturated rings. The molecule has 2 aromatic carbocycles. The fourth-order valence-corrected chi connectivity index (χ4v) is 2.18. The SMILES string of the molecule is CC(c1ccc(OP)cc1)c1ccc(OP)cc1. The summed E-state index contributed by atoms with van der Waals surface area (Å²) in [6.07, 6.45) is 0. The van der Waals surface area contributed by atoms with Gasteiger partial charge in [-0.15, -0.1) is 0 Å². The molecule has 0 spiro atoms. The summed E-state index contributed by atoms with van der Waals surface area (Å²) >= 11 is 0. The highest BCUT2D eigenvalue weighted by molar-refractivity contribution is 7.10. The largest absolute Gasteiger partial charge is 0.480 e. The van der Waals surface area contributed by atoms with E-state index in [1.807, 2.05) is 24.3 Å². The summed E-state index contributed by atoms with van der Waals surface area (Å²) in [6, 6.07) is 16.2. The van der Waals surface area contributed by atoms with Crippen LogP contribution < -0.4 is 9.05 Å². The van der Waals surface area contributed by atoms with Crippen LogP contribution >= 0.6 is 18.9 Å². The summed E-state index contributed by atoms with van der Waals surface area (Å²) in [5, 5.41) is 0. The van der Waals surface area contributed by atoms with Gasteiger partial charge in [0.1, 0.15) is 11.5 Å². The lowest BCUT2D eigenvalue weighted by atomic mass is 9.93. The van der Waals surface area contributed by atoms with Crippen LogP contribution in [0.3, 0.4) is 0 Å². The first kappa shape index (κ1) is 13.3. The van der Waals surface area contributed by atoms with E-state index in [4.69, 9.17) is 9.05 Å². The number of rotatable bonds is 4. The fourth-order valence-electron chi connectivity index (χ4n) is 1.86. The predicted octanol–water partition coefficient (Wildman–Crippen LogP) is 4.18. The van der Waals surface area contributed by atoms with E-state index in [2.05, 4.69) is 50.1 Å². The van der Waals surface area contributed by atoms with Crippen LogP contribution in [0.1, 0.15) is 24.0 Å². The molecule has 0 aromatic heterocycles. The zero-order chi connectivity index (χ0) is 13.0. The van der Waals surface area contributed by atoms with Gasteiger partial charge < -0.3 is 9.05 Å². The lowest BCUT2D eigenvalue weighted by Crippen LogP contribution is -1.95. The van der Waals surface area contributed by atoms with Crippen molar-refractivity contribution in [1.82, 2.24) is 0 Å². The molecule has 2 atom stereocenters. The monoisotopic (exact) mass is 278 g/mol. The number of benzene rings is 2. The minimum Gasteiger partial charge on any atom is -0.480 e. The van der Waals surface area contributed by atoms with Gasteiger partial charge in [0.25, 0.3) is 0 Å². The van der Waals surface area contributed by atoms with E-state index in [9.17, 15) is 0 Å². The minimum absolute atomic E-state index is 0.349. The molecule has 2 aromatic rings. The van der Waals surface area contributed by atoms with Gasteiger partial charge in [-0.3, -0.25) is 0 Å². The molecule has 0 saturated heterocycles. The molecule has 2 unspecified atom stereocenters. The van der Waals surface area contributed by atoms with Crippen molar-refractivity contribution in [3.63, 3.8) is 0 Å². The molecule has 0 N–H and O–H groups in total. The summed E-state index contributed by atoms with van der Waals surface area (Å²) in [6.45, 7) is 2.19. The summed E-state index contributed by atoms with van der Waals surface area (Å²) in [5.41, 5.74) is 2.53. The van der Waals surface area contributed by atoms with Crippen molar-refractivity contribution in [3.05, 3.63) is 59.7 Å². The molecule has 0 aliphatic carbocycles. The first-order valence-corrected chi connectivity index (χ1v) is 6.62. The molecule has 94 valence electrons. The zero-order valence-corrected chi connectivity index (χ0v) is 12.5. The molecule has 0 radical (unpaired) electrons. The van der Waals surface area contributed by atoms with Gasteiger partial charge in [-0.25, -0.2) is 0 Å². The average molecular weight is 278 g/mol. The maximum Gasteiger partial charge on any atom is 0.122 e. The smallest absolute Gasteiger partial charge is 0.122 e. The summed E-state index contributed by atoms with van der Waals surface area (Å²) in [7, 11) is 4.50. The van der Waals surface area contributed by atoms with E-state index in [1.165, 1.54) is 11.1 Å². The second kappa shape index (κ2) is 6.18.